The normalized spacial score (nSPS) is 14.9. The number of sulfonamides is 1. The number of ether oxygens (including phenoxy) is 2. The predicted octanol–water partition coefficient (Wildman–Crippen LogP) is 2.40. The molecule has 1 aliphatic rings. The van der Waals surface area contributed by atoms with Gasteiger partial charge in [-0.15, -0.1) is 0 Å². The van der Waals surface area contributed by atoms with Gasteiger partial charge < -0.3 is 19.3 Å². The molecule has 3 heterocycles. The van der Waals surface area contributed by atoms with Gasteiger partial charge in [-0.2, -0.15) is 20.6 Å². The van der Waals surface area contributed by atoms with Gasteiger partial charge in [-0.25, -0.2) is 8.42 Å². The van der Waals surface area contributed by atoms with Crippen LogP contribution in [0.1, 0.15) is 12.3 Å². The number of amides is 1. The Hall–Kier alpha value is -2.80. The highest BCUT2D eigenvalue weighted by Gasteiger charge is 2.29. The topological polar surface area (TPSA) is 124 Å². The molecule has 1 aliphatic heterocycles. The molecule has 1 aromatic carbocycles. The van der Waals surface area contributed by atoms with Gasteiger partial charge in [0.15, 0.2) is 0 Å². The van der Waals surface area contributed by atoms with Crippen molar-refractivity contribution in [3.8, 4) is 17.1 Å². The summed E-state index contributed by atoms with van der Waals surface area (Å²) in [5.74, 6) is 0.739. The minimum atomic E-state index is -3.79. The van der Waals surface area contributed by atoms with E-state index >= 15 is 0 Å². The SMILES string of the molecule is COc1ccc(NC(=O)CCc2nc(-c3ccsc3)no2)cc1S(=O)(=O)N1CCOCC1. The van der Waals surface area contributed by atoms with E-state index in [4.69, 9.17) is 14.0 Å². The van der Waals surface area contributed by atoms with Gasteiger partial charge in [0.2, 0.25) is 27.6 Å². The number of nitrogens with one attached hydrogen (secondary N) is 1. The average Bonchev–Trinajstić information content (AvgIpc) is 3.50. The number of anilines is 1. The Bertz CT molecular complexity index is 1170. The van der Waals surface area contributed by atoms with Gasteiger partial charge in [0, 0.05) is 42.6 Å². The number of hydrogen-bond acceptors (Lipinski definition) is 9. The first-order valence-corrected chi connectivity index (χ1v) is 12.3. The Morgan fingerprint density at radius 2 is 2.09 bits per heavy atom. The second-order valence-corrected chi connectivity index (χ2v) is 9.64. The highest BCUT2D eigenvalue weighted by atomic mass is 32.2. The van der Waals surface area contributed by atoms with Crippen LogP contribution in [-0.2, 0) is 26.0 Å². The number of aromatic nitrogens is 2. The molecule has 12 heteroatoms. The van der Waals surface area contributed by atoms with Gasteiger partial charge >= 0.3 is 0 Å². The molecule has 0 saturated carbocycles. The first-order valence-electron chi connectivity index (χ1n) is 9.88. The van der Waals surface area contributed by atoms with Crippen molar-refractivity contribution in [3.05, 3.63) is 40.9 Å². The van der Waals surface area contributed by atoms with Crippen LogP contribution < -0.4 is 10.1 Å². The summed E-state index contributed by atoms with van der Waals surface area (Å²) >= 11 is 1.53. The molecule has 1 fully saturated rings. The van der Waals surface area contributed by atoms with Crippen LogP contribution in [-0.4, -0.2) is 62.2 Å². The second kappa shape index (κ2) is 9.77. The standard InChI is InChI=1S/C20H22N4O6S2/c1-28-16-3-2-15(12-17(16)32(26,27)24-7-9-29-10-8-24)21-18(25)4-5-19-22-20(23-30-19)14-6-11-31-13-14/h2-3,6,11-13H,4-5,7-10H2,1H3,(H,21,25). The molecule has 0 bridgehead atoms. The Morgan fingerprint density at radius 3 is 2.81 bits per heavy atom. The molecule has 2 aromatic heterocycles. The summed E-state index contributed by atoms with van der Waals surface area (Å²) in [4.78, 5) is 16.7. The number of hydrogen-bond donors (Lipinski definition) is 1. The van der Waals surface area contributed by atoms with E-state index in [2.05, 4.69) is 15.5 Å². The molecule has 0 unspecified atom stereocenters. The summed E-state index contributed by atoms with van der Waals surface area (Å²) in [7, 11) is -2.39. The molecule has 170 valence electrons. The Balaban J connectivity index is 1.42. The average molecular weight is 479 g/mol. The minimum absolute atomic E-state index is 0.00277. The summed E-state index contributed by atoms with van der Waals surface area (Å²) < 4.78 is 43.2. The number of thiophene rings is 1. The third-order valence-electron chi connectivity index (χ3n) is 4.85. The van der Waals surface area contributed by atoms with Crippen molar-refractivity contribution >= 4 is 33.0 Å². The van der Waals surface area contributed by atoms with Gasteiger partial charge in [-0.1, -0.05) is 5.16 Å². The van der Waals surface area contributed by atoms with Gasteiger partial charge in [-0.05, 0) is 29.6 Å². The van der Waals surface area contributed by atoms with Gasteiger partial charge in [0.1, 0.15) is 10.6 Å². The van der Waals surface area contributed by atoms with Crippen molar-refractivity contribution in [2.24, 2.45) is 0 Å². The summed E-state index contributed by atoms with van der Waals surface area (Å²) in [6.07, 6.45) is 0.362. The highest BCUT2D eigenvalue weighted by molar-refractivity contribution is 7.89. The van der Waals surface area contributed by atoms with E-state index in [-0.39, 0.29) is 42.5 Å². The maximum absolute atomic E-state index is 13.1. The Labute approximate surface area is 189 Å². The van der Waals surface area contributed by atoms with Crippen molar-refractivity contribution in [2.75, 3.05) is 38.7 Å². The zero-order chi connectivity index (χ0) is 22.6. The molecular formula is C20H22N4O6S2. The van der Waals surface area contributed by atoms with Crippen molar-refractivity contribution in [1.82, 2.24) is 14.4 Å². The van der Waals surface area contributed by atoms with E-state index in [1.165, 1.54) is 34.9 Å². The number of methoxy groups -OCH3 is 1. The van der Waals surface area contributed by atoms with E-state index in [1.54, 1.807) is 6.07 Å². The van der Waals surface area contributed by atoms with Crippen molar-refractivity contribution < 1.29 is 27.2 Å². The number of nitrogens with zero attached hydrogens (tertiary/aromatic N) is 3. The number of benzene rings is 1. The van der Waals surface area contributed by atoms with E-state index in [9.17, 15) is 13.2 Å². The molecule has 1 saturated heterocycles. The maximum atomic E-state index is 13.1. The maximum Gasteiger partial charge on any atom is 0.246 e. The number of aryl methyl sites for hydroxylation is 1. The molecule has 3 aromatic rings. The lowest BCUT2D eigenvalue weighted by Crippen LogP contribution is -2.40. The van der Waals surface area contributed by atoms with Crippen LogP contribution in [0.3, 0.4) is 0 Å². The van der Waals surface area contributed by atoms with Crippen molar-refractivity contribution in [2.45, 2.75) is 17.7 Å². The lowest BCUT2D eigenvalue weighted by molar-refractivity contribution is -0.116. The molecule has 10 nitrogen and oxygen atoms in total. The molecule has 32 heavy (non-hydrogen) atoms. The van der Waals surface area contributed by atoms with Crippen LogP contribution in [0, 0.1) is 0 Å². The fourth-order valence-corrected chi connectivity index (χ4v) is 5.42. The summed E-state index contributed by atoms with van der Waals surface area (Å²) in [6, 6.07) is 6.41. The third-order valence-corrected chi connectivity index (χ3v) is 7.45. The third kappa shape index (κ3) is 4.99. The first kappa shape index (κ1) is 22.4. The lowest BCUT2D eigenvalue weighted by atomic mass is 10.2. The summed E-state index contributed by atoms with van der Waals surface area (Å²) in [5, 5.41) is 10.5. The van der Waals surface area contributed by atoms with Gasteiger partial charge in [0.05, 0.1) is 20.3 Å². The summed E-state index contributed by atoms with van der Waals surface area (Å²) in [5.41, 5.74) is 1.22. The molecule has 4 rings (SSSR count). The smallest absolute Gasteiger partial charge is 0.246 e. The molecule has 0 spiro atoms. The number of carbonyl (C=O) groups excluding carboxylic acids is 1. The molecule has 0 atom stereocenters. The van der Waals surface area contributed by atoms with Crippen LogP contribution in [0.25, 0.3) is 11.4 Å². The first-order chi connectivity index (χ1) is 15.5. The second-order valence-electron chi connectivity index (χ2n) is 6.95. The van der Waals surface area contributed by atoms with E-state index < -0.39 is 10.0 Å². The van der Waals surface area contributed by atoms with Gasteiger partial charge in [-0.3, -0.25) is 4.79 Å². The quantitative estimate of drug-likeness (QED) is 0.523. The van der Waals surface area contributed by atoms with Crippen LogP contribution in [0.4, 0.5) is 5.69 Å². The lowest BCUT2D eigenvalue weighted by Gasteiger charge is -2.26. The van der Waals surface area contributed by atoms with E-state index in [0.29, 0.717) is 30.6 Å². The minimum Gasteiger partial charge on any atom is -0.495 e. The Kier molecular flexibility index (Phi) is 6.84. The number of carbonyl (C=O) groups is 1. The fraction of sp³-hybridized carbons (Fsp3) is 0.350. The van der Waals surface area contributed by atoms with Gasteiger partial charge in [0.25, 0.3) is 0 Å². The monoisotopic (exact) mass is 478 g/mol. The van der Waals surface area contributed by atoms with Crippen LogP contribution in [0.2, 0.25) is 0 Å². The van der Waals surface area contributed by atoms with Crippen LogP contribution in [0.5, 0.6) is 5.75 Å². The molecule has 1 amide bonds. The molecular weight excluding hydrogens is 456 g/mol. The van der Waals surface area contributed by atoms with Crippen LogP contribution in [0.15, 0.2) is 44.4 Å². The van der Waals surface area contributed by atoms with Crippen LogP contribution >= 0.6 is 11.3 Å². The Morgan fingerprint density at radius 1 is 1.28 bits per heavy atom. The highest BCUT2D eigenvalue weighted by Crippen LogP contribution is 2.30. The summed E-state index contributed by atoms with van der Waals surface area (Å²) in [6.45, 7) is 1.20. The molecule has 0 radical (unpaired) electrons. The zero-order valence-corrected chi connectivity index (χ0v) is 18.9. The van der Waals surface area contributed by atoms with Crippen molar-refractivity contribution in [3.63, 3.8) is 0 Å². The molecule has 1 N–H and O–H groups in total. The zero-order valence-electron chi connectivity index (χ0n) is 17.3. The fourth-order valence-electron chi connectivity index (χ4n) is 3.19. The van der Waals surface area contributed by atoms with E-state index in [0.717, 1.165) is 5.56 Å². The van der Waals surface area contributed by atoms with Crippen molar-refractivity contribution in [1.29, 1.82) is 0 Å². The predicted molar refractivity (Wildman–Crippen MR) is 117 cm³/mol. The number of rotatable bonds is 8. The van der Waals surface area contributed by atoms with E-state index in [1.807, 2.05) is 16.8 Å². The number of morpholine rings is 1. The largest absolute Gasteiger partial charge is 0.495 e. The molecule has 0 aliphatic carbocycles.